The molecule has 0 radical (unpaired) electrons. The van der Waals surface area contributed by atoms with Crippen molar-refractivity contribution in [3.05, 3.63) is 38.9 Å². The number of nitro benzene ring substituents is 1. The van der Waals surface area contributed by atoms with E-state index in [1.54, 1.807) is 6.92 Å². The number of hydrogen-bond donors (Lipinski definition) is 1. The maximum Gasteiger partial charge on any atom is 0.270 e. The zero-order valence-corrected chi connectivity index (χ0v) is 10.8. The van der Waals surface area contributed by atoms with E-state index in [1.807, 2.05) is 0 Å². The molecule has 5 nitrogen and oxygen atoms in total. The van der Waals surface area contributed by atoms with Gasteiger partial charge >= 0.3 is 0 Å². The Kier molecular flexibility index (Phi) is 5.04. The van der Waals surface area contributed by atoms with Crippen molar-refractivity contribution >= 4 is 28.1 Å². The minimum Gasteiger partial charge on any atom is -0.329 e. The van der Waals surface area contributed by atoms with Crippen molar-refractivity contribution in [2.75, 3.05) is 6.54 Å². The highest BCUT2D eigenvalue weighted by Gasteiger charge is 2.14. The number of non-ortho nitro benzene ring substituents is 1. The Morgan fingerprint density at radius 3 is 2.71 bits per heavy atom. The molecule has 0 aliphatic heterocycles. The molecule has 0 fully saturated rings. The maximum absolute atomic E-state index is 11.8. The fraction of sp³-hybridized carbons (Fsp3) is 0.400. The van der Waals surface area contributed by atoms with Crippen molar-refractivity contribution in [1.29, 1.82) is 0 Å². The van der Waals surface area contributed by atoms with Crippen LogP contribution in [-0.4, -0.2) is 20.9 Å². The van der Waals surface area contributed by atoms with E-state index in [9.17, 15) is 14.3 Å². The summed E-state index contributed by atoms with van der Waals surface area (Å²) in [5.74, 6) is 0.259. The van der Waals surface area contributed by atoms with E-state index in [-0.39, 0.29) is 21.7 Å². The number of benzene rings is 1. The van der Waals surface area contributed by atoms with Crippen LogP contribution in [0.3, 0.4) is 0 Å². The lowest BCUT2D eigenvalue weighted by atomic mass is 10.2. The fourth-order valence-corrected chi connectivity index (χ4v) is 2.55. The quantitative estimate of drug-likeness (QED) is 0.657. The third kappa shape index (κ3) is 3.76. The summed E-state index contributed by atoms with van der Waals surface area (Å²) < 4.78 is 11.8. The normalized spacial score (nSPS) is 14.3. The molecule has 1 aromatic carbocycles. The molecular weight excluding hydrogens is 264 g/mol. The summed E-state index contributed by atoms with van der Waals surface area (Å²) >= 11 is 5.90. The molecule has 0 heterocycles. The van der Waals surface area contributed by atoms with Crippen LogP contribution in [0.1, 0.15) is 12.5 Å². The average Bonchev–Trinajstić information content (AvgIpc) is 2.30. The lowest BCUT2D eigenvalue weighted by molar-refractivity contribution is -0.384. The third-order valence-electron chi connectivity index (χ3n) is 2.33. The molecule has 2 unspecified atom stereocenters. The first kappa shape index (κ1) is 14.1. The lowest BCUT2D eigenvalue weighted by Gasteiger charge is -2.09. The van der Waals surface area contributed by atoms with Crippen LogP contribution in [0.4, 0.5) is 5.69 Å². The number of nitrogens with zero attached hydrogens (tertiary/aromatic N) is 1. The molecule has 0 saturated carbocycles. The molecule has 0 bridgehead atoms. The van der Waals surface area contributed by atoms with Gasteiger partial charge in [0.1, 0.15) is 0 Å². The van der Waals surface area contributed by atoms with Gasteiger partial charge in [0.15, 0.2) is 0 Å². The summed E-state index contributed by atoms with van der Waals surface area (Å²) in [4.78, 5) is 9.99. The van der Waals surface area contributed by atoms with Gasteiger partial charge in [-0.25, -0.2) is 0 Å². The van der Waals surface area contributed by atoms with E-state index in [4.69, 9.17) is 17.3 Å². The van der Waals surface area contributed by atoms with Crippen LogP contribution in [0.25, 0.3) is 0 Å². The van der Waals surface area contributed by atoms with Gasteiger partial charge in [-0.05, 0) is 18.6 Å². The number of halogens is 1. The highest BCUT2D eigenvalue weighted by molar-refractivity contribution is 7.84. The summed E-state index contributed by atoms with van der Waals surface area (Å²) in [6, 6.07) is 4.15. The number of hydrogen-bond acceptors (Lipinski definition) is 4. The molecule has 0 aromatic heterocycles. The van der Waals surface area contributed by atoms with Gasteiger partial charge in [0.05, 0.1) is 15.7 Å². The molecule has 7 heteroatoms. The summed E-state index contributed by atoms with van der Waals surface area (Å²) in [5, 5.41) is 10.6. The van der Waals surface area contributed by atoms with Gasteiger partial charge in [0.25, 0.3) is 5.69 Å². The smallest absolute Gasteiger partial charge is 0.270 e. The van der Waals surface area contributed by atoms with Gasteiger partial charge in [0, 0.05) is 34.7 Å². The van der Waals surface area contributed by atoms with E-state index in [2.05, 4.69) is 0 Å². The van der Waals surface area contributed by atoms with Crippen LogP contribution in [0.5, 0.6) is 0 Å². The lowest BCUT2D eigenvalue weighted by Crippen LogP contribution is -2.22. The Bertz CT molecular complexity index is 453. The molecule has 94 valence electrons. The molecule has 0 aliphatic rings. The van der Waals surface area contributed by atoms with Gasteiger partial charge in [-0.2, -0.15) is 0 Å². The van der Waals surface area contributed by atoms with E-state index in [1.165, 1.54) is 18.2 Å². The highest BCUT2D eigenvalue weighted by Crippen LogP contribution is 2.24. The van der Waals surface area contributed by atoms with E-state index in [0.29, 0.717) is 12.1 Å². The van der Waals surface area contributed by atoms with Crippen molar-refractivity contribution in [3.63, 3.8) is 0 Å². The van der Waals surface area contributed by atoms with E-state index in [0.717, 1.165) is 0 Å². The zero-order valence-electron chi connectivity index (χ0n) is 9.26. The largest absolute Gasteiger partial charge is 0.329 e. The van der Waals surface area contributed by atoms with Crippen LogP contribution >= 0.6 is 11.6 Å². The molecule has 17 heavy (non-hydrogen) atoms. The molecular formula is C10H13ClN2O3S. The predicted octanol–water partition coefficient (Wildman–Crippen LogP) is 1.84. The monoisotopic (exact) mass is 276 g/mol. The molecule has 1 aromatic rings. The zero-order chi connectivity index (χ0) is 13.0. The van der Waals surface area contributed by atoms with Crippen molar-refractivity contribution in [2.24, 2.45) is 5.73 Å². The van der Waals surface area contributed by atoms with Gasteiger partial charge in [-0.15, -0.1) is 0 Å². The Balaban J connectivity index is 2.86. The summed E-state index contributed by atoms with van der Waals surface area (Å²) in [7, 11) is -1.12. The standard InChI is InChI=1S/C10H13ClN2O3S/c1-7(5-12)17(16)6-8-2-3-9(13(14)15)4-10(8)11/h2-4,7H,5-6,12H2,1H3. The first-order valence-electron chi connectivity index (χ1n) is 4.95. The fourth-order valence-electron chi connectivity index (χ4n) is 1.17. The molecule has 1 rings (SSSR count). The van der Waals surface area contributed by atoms with Crippen LogP contribution in [0, 0.1) is 10.1 Å². The number of rotatable bonds is 5. The summed E-state index contributed by atoms with van der Waals surface area (Å²) in [6.07, 6.45) is 0. The van der Waals surface area contributed by atoms with Crippen molar-refractivity contribution in [3.8, 4) is 0 Å². The molecule has 0 aliphatic carbocycles. The highest BCUT2D eigenvalue weighted by atomic mass is 35.5. The van der Waals surface area contributed by atoms with Crippen LogP contribution in [-0.2, 0) is 16.6 Å². The first-order valence-corrected chi connectivity index (χ1v) is 6.71. The summed E-state index contributed by atoms with van der Waals surface area (Å²) in [6.45, 7) is 2.12. The van der Waals surface area contributed by atoms with Gasteiger partial charge in [-0.1, -0.05) is 11.6 Å². The first-order chi connectivity index (χ1) is 7.95. The topological polar surface area (TPSA) is 86.2 Å². The number of nitrogens with two attached hydrogens (primary N) is 1. The minimum atomic E-state index is -1.12. The average molecular weight is 277 g/mol. The Hall–Kier alpha value is -0.980. The summed E-state index contributed by atoms with van der Waals surface area (Å²) in [5.41, 5.74) is 5.98. The predicted molar refractivity (Wildman–Crippen MR) is 68.5 cm³/mol. The molecule has 2 N–H and O–H groups in total. The minimum absolute atomic E-state index is 0.0728. The second-order valence-corrected chi connectivity index (χ2v) is 5.87. The van der Waals surface area contributed by atoms with Crippen molar-refractivity contribution in [1.82, 2.24) is 0 Å². The van der Waals surface area contributed by atoms with Crippen LogP contribution in [0.2, 0.25) is 5.02 Å². The maximum atomic E-state index is 11.8. The van der Waals surface area contributed by atoms with Gasteiger partial charge < -0.3 is 5.73 Å². The van der Waals surface area contributed by atoms with Crippen LogP contribution in [0.15, 0.2) is 18.2 Å². The van der Waals surface area contributed by atoms with Gasteiger partial charge in [-0.3, -0.25) is 14.3 Å². The Morgan fingerprint density at radius 2 is 2.24 bits per heavy atom. The van der Waals surface area contributed by atoms with E-state index >= 15 is 0 Å². The second-order valence-electron chi connectivity index (χ2n) is 3.60. The molecule has 0 amide bonds. The second kappa shape index (κ2) is 6.09. The number of nitro groups is 1. The molecule has 0 saturated heterocycles. The van der Waals surface area contributed by atoms with E-state index < -0.39 is 15.7 Å². The van der Waals surface area contributed by atoms with Crippen molar-refractivity contribution in [2.45, 2.75) is 17.9 Å². The van der Waals surface area contributed by atoms with Crippen molar-refractivity contribution < 1.29 is 9.13 Å². The molecule has 2 atom stereocenters. The Morgan fingerprint density at radius 1 is 1.59 bits per heavy atom. The van der Waals surface area contributed by atoms with Gasteiger partial charge in [0.2, 0.25) is 0 Å². The Labute approximate surface area is 107 Å². The SMILES string of the molecule is CC(CN)S(=O)Cc1ccc([N+](=O)[O-])cc1Cl. The third-order valence-corrected chi connectivity index (χ3v) is 4.36. The van der Waals surface area contributed by atoms with Crippen LogP contribution < -0.4 is 5.73 Å². The molecule has 0 spiro atoms.